The molecule has 8 heteroatoms. The van der Waals surface area contributed by atoms with Gasteiger partial charge < -0.3 is 0 Å². The van der Waals surface area contributed by atoms with Gasteiger partial charge in [-0.1, -0.05) is 0 Å². The molecule has 2 aromatic rings. The number of aromatic amines is 1. The fourth-order valence-electron chi connectivity index (χ4n) is 1.54. The van der Waals surface area contributed by atoms with Crippen molar-refractivity contribution in [3.63, 3.8) is 0 Å². The van der Waals surface area contributed by atoms with Crippen LogP contribution in [-0.4, -0.2) is 15.1 Å². The lowest BCUT2D eigenvalue weighted by Crippen LogP contribution is -2.05. The Morgan fingerprint density at radius 3 is 2.59 bits per heavy atom. The monoisotopic (exact) mass is 245 g/mol. The number of nitro benzene ring substituents is 1. The van der Waals surface area contributed by atoms with E-state index in [1.165, 1.54) is 6.92 Å². The quantitative estimate of drug-likeness (QED) is 0.620. The lowest BCUT2D eigenvalue weighted by atomic mass is 10.1. The zero-order chi connectivity index (χ0) is 12.8. The first-order chi connectivity index (χ1) is 7.80. The number of nitro groups is 1. The number of H-pyrrole nitrogens is 1. The number of halogens is 3. The van der Waals surface area contributed by atoms with Gasteiger partial charge in [-0.15, -0.1) is 0 Å². The molecular weight excluding hydrogens is 239 g/mol. The Kier molecular flexibility index (Phi) is 2.30. The number of rotatable bonds is 1. The molecule has 5 nitrogen and oxygen atoms in total. The third kappa shape index (κ3) is 1.81. The van der Waals surface area contributed by atoms with Gasteiger partial charge in [0.05, 0.1) is 16.2 Å². The van der Waals surface area contributed by atoms with Gasteiger partial charge in [0, 0.05) is 11.5 Å². The summed E-state index contributed by atoms with van der Waals surface area (Å²) in [5.41, 5.74) is -1.40. The van der Waals surface area contributed by atoms with Crippen molar-refractivity contribution in [1.29, 1.82) is 0 Å². The van der Waals surface area contributed by atoms with Gasteiger partial charge in [0.25, 0.3) is 5.69 Å². The van der Waals surface area contributed by atoms with E-state index in [2.05, 4.69) is 10.2 Å². The van der Waals surface area contributed by atoms with Crippen molar-refractivity contribution in [2.45, 2.75) is 13.1 Å². The molecule has 0 bridgehead atoms. The van der Waals surface area contributed by atoms with E-state index in [0.717, 1.165) is 6.07 Å². The SMILES string of the molecule is Cc1n[nH]c2c([N+](=O)[O-])cc(C(F)(F)F)cc12. The van der Waals surface area contributed by atoms with E-state index < -0.39 is 22.4 Å². The van der Waals surface area contributed by atoms with Crippen LogP contribution in [0.2, 0.25) is 0 Å². The molecule has 0 aliphatic heterocycles. The third-order valence-electron chi connectivity index (χ3n) is 2.37. The first-order valence-corrected chi connectivity index (χ1v) is 4.51. The van der Waals surface area contributed by atoms with Gasteiger partial charge in [-0.3, -0.25) is 15.2 Å². The Morgan fingerprint density at radius 2 is 2.06 bits per heavy atom. The molecule has 0 saturated carbocycles. The van der Waals surface area contributed by atoms with E-state index in [1.807, 2.05) is 0 Å². The van der Waals surface area contributed by atoms with Crippen LogP contribution in [0.5, 0.6) is 0 Å². The number of hydrogen-bond acceptors (Lipinski definition) is 3. The fraction of sp³-hybridized carbons (Fsp3) is 0.222. The molecule has 0 atom stereocenters. The lowest BCUT2D eigenvalue weighted by Gasteiger charge is -2.06. The molecule has 0 aliphatic carbocycles. The second kappa shape index (κ2) is 3.44. The van der Waals surface area contributed by atoms with Gasteiger partial charge in [-0.25, -0.2) is 0 Å². The Bertz CT molecular complexity index is 603. The second-order valence-corrected chi connectivity index (χ2v) is 3.48. The molecule has 1 aromatic carbocycles. The maximum atomic E-state index is 12.5. The summed E-state index contributed by atoms with van der Waals surface area (Å²) in [5, 5.41) is 16.8. The molecule has 1 heterocycles. The molecule has 90 valence electrons. The minimum Gasteiger partial charge on any atom is -0.271 e. The molecule has 0 radical (unpaired) electrons. The highest BCUT2D eigenvalue weighted by Gasteiger charge is 2.34. The minimum atomic E-state index is -4.62. The molecular formula is C9H6F3N3O2. The van der Waals surface area contributed by atoms with E-state index in [9.17, 15) is 23.3 Å². The van der Waals surface area contributed by atoms with Crippen LogP contribution in [0.15, 0.2) is 12.1 Å². The van der Waals surface area contributed by atoms with Crippen molar-refractivity contribution in [1.82, 2.24) is 10.2 Å². The van der Waals surface area contributed by atoms with Crippen LogP contribution in [0.4, 0.5) is 18.9 Å². The van der Waals surface area contributed by atoms with Gasteiger partial charge in [0.15, 0.2) is 0 Å². The number of benzene rings is 1. The van der Waals surface area contributed by atoms with E-state index in [-0.39, 0.29) is 16.6 Å². The molecule has 1 N–H and O–H groups in total. The van der Waals surface area contributed by atoms with Gasteiger partial charge in [-0.05, 0) is 13.0 Å². The van der Waals surface area contributed by atoms with Gasteiger partial charge in [0.1, 0.15) is 5.52 Å². The highest BCUT2D eigenvalue weighted by molar-refractivity contribution is 5.89. The van der Waals surface area contributed by atoms with Crippen LogP contribution in [0, 0.1) is 17.0 Å². The molecule has 2 rings (SSSR count). The van der Waals surface area contributed by atoms with Gasteiger partial charge >= 0.3 is 6.18 Å². The normalized spacial score (nSPS) is 12.0. The number of fused-ring (bicyclic) bond motifs is 1. The molecule has 1 aromatic heterocycles. The maximum absolute atomic E-state index is 12.5. The van der Waals surface area contributed by atoms with Crippen LogP contribution >= 0.6 is 0 Å². The second-order valence-electron chi connectivity index (χ2n) is 3.48. The summed E-state index contributed by atoms with van der Waals surface area (Å²) >= 11 is 0. The van der Waals surface area contributed by atoms with Crippen LogP contribution in [-0.2, 0) is 6.18 Å². The van der Waals surface area contributed by atoms with E-state index >= 15 is 0 Å². The summed E-state index contributed by atoms with van der Waals surface area (Å²) in [6.07, 6.45) is -4.62. The molecule has 0 amide bonds. The molecule has 0 aliphatic rings. The zero-order valence-electron chi connectivity index (χ0n) is 8.50. The van der Waals surface area contributed by atoms with Crippen LogP contribution in [0.3, 0.4) is 0 Å². The predicted molar refractivity (Wildman–Crippen MR) is 52.5 cm³/mol. The maximum Gasteiger partial charge on any atom is 0.416 e. The number of nitrogens with zero attached hydrogens (tertiary/aromatic N) is 2. The summed E-state index contributed by atoms with van der Waals surface area (Å²) in [4.78, 5) is 9.83. The standard InChI is InChI=1S/C9H6F3N3O2/c1-4-6-2-5(9(10,11)12)3-7(15(16)17)8(6)14-13-4/h2-3H,1H3,(H,13,14). The van der Waals surface area contributed by atoms with Crippen LogP contribution in [0.25, 0.3) is 10.9 Å². The Labute approximate surface area is 92.4 Å². The fourth-order valence-corrected chi connectivity index (χ4v) is 1.54. The Morgan fingerprint density at radius 1 is 1.41 bits per heavy atom. The van der Waals surface area contributed by atoms with Crippen molar-refractivity contribution in [3.05, 3.63) is 33.5 Å². The molecule has 0 fully saturated rings. The highest BCUT2D eigenvalue weighted by Crippen LogP contribution is 2.36. The highest BCUT2D eigenvalue weighted by atomic mass is 19.4. The summed E-state index contributed by atoms with van der Waals surface area (Å²) in [6.45, 7) is 1.47. The first kappa shape index (κ1) is 11.4. The van der Waals surface area contributed by atoms with Gasteiger partial charge in [-0.2, -0.15) is 18.3 Å². The smallest absolute Gasteiger partial charge is 0.271 e. The van der Waals surface area contributed by atoms with E-state index in [0.29, 0.717) is 6.07 Å². The van der Waals surface area contributed by atoms with Crippen molar-refractivity contribution in [2.24, 2.45) is 0 Å². The Hall–Kier alpha value is -2.12. The largest absolute Gasteiger partial charge is 0.416 e. The van der Waals surface area contributed by atoms with Crippen LogP contribution in [0.1, 0.15) is 11.3 Å². The average molecular weight is 245 g/mol. The number of aromatic nitrogens is 2. The van der Waals surface area contributed by atoms with Crippen molar-refractivity contribution >= 4 is 16.6 Å². The summed E-state index contributed by atoms with van der Waals surface area (Å²) in [7, 11) is 0. The number of non-ortho nitro benzene ring substituents is 1. The average Bonchev–Trinajstić information content (AvgIpc) is 2.58. The lowest BCUT2D eigenvalue weighted by molar-refractivity contribution is -0.383. The number of hydrogen-bond donors (Lipinski definition) is 1. The van der Waals surface area contributed by atoms with Crippen LogP contribution < -0.4 is 0 Å². The predicted octanol–water partition coefficient (Wildman–Crippen LogP) is 2.80. The number of aryl methyl sites for hydroxylation is 1. The molecule has 0 spiro atoms. The van der Waals surface area contributed by atoms with Crippen molar-refractivity contribution in [3.8, 4) is 0 Å². The molecule has 0 unspecified atom stereocenters. The number of nitrogens with one attached hydrogen (secondary N) is 1. The van der Waals surface area contributed by atoms with Crippen molar-refractivity contribution < 1.29 is 18.1 Å². The third-order valence-corrected chi connectivity index (χ3v) is 2.37. The molecule has 0 saturated heterocycles. The summed E-state index contributed by atoms with van der Waals surface area (Å²) < 4.78 is 37.6. The summed E-state index contributed by atoms with van der Waals surface area (Å²) in [5.74, 6) is 0. The van der Waals surface area contributed by atoms with E-state index in [1.54, 1.807) is 0 Å². The Balaban J connectivity index is 2.83. The summed E-state index contributed by atoms with van der Waals surface area (Å²) in [6, 6.07) is 1.35. The molecule has 17 heavy (non-hydrogen) atoms. The van der Waals surface area contributed by atoms with Gasteiger partial charge in [0.2, 0.25) is 0 Å². The van der Waals surface area contributed by atoms with Crippen molar-refractivity contribution in [2.75, 3.05) is 0 Å². The van der Waals surface area contributed by atoms with E-state index in [4.69, 9.17) is 0 Å². The number of alkyl halides is 3. The first-order valence-electron chi connectivity index (χ1n) is 4.51. The topological polar surface area (TPSA) is 71.8 Å². The minimum absolute atomic E-state index is 0.000463. The zero-order valence-corrected chi connectivity index (χ0v) is 8.50.